The zero-order valence-corrected chi connectivity index (χ0v) is 13.3. The molecule has 1 aliphatic heterocycles. The van der Waals surface area contributed by atoms with E-state index >= 15 is 0 Å². The van der Waals surface area contributed by atoms with Crippen molar-refractivity contribution in [3.8, 4) is 5.75 Å². The molecule has 3 rings (SSSR count). The van der Waals surface area contributed by atoms with Crippen molar-refractivity contribution in [1.82, 2.24) is 0 Å². The van der Waals surface area contributed by atoms with E-state index in [1.54, 1.807) is 6.07 Å². The number of benzene rings is 2. The van der Waals surface area contributed by atoms with E-state index in [0.717, 1.165) is 15.6 Å². The minimum atomic E-state index is -0.0329. The Morgan fingerprint density at radius 3 is 2.81 bits per heavy atom. The fraction of sp³-hybridized carbons (Fsp3) is 0.235. The van der Waals surface area contributed by atoms with Crippen LogP contribution in [-0.2, 0) is 18.0 Å². The average Bonchev–Trinajstić information content (AvgIpc) is 2.96. The topological polar surface area (TPSA) is 35.5 Å². The van der Waals surface area contributed by atoms with Gasteiger partial charge in [-0.05, 0) is 42.3 Å². The molecule has 2 aromatic carbocycles. The van der Waals surface area contributed by atoms with Gasteiger partial charge >= 0.3 is 0 Å². The Hall–Kier alpha value is -1.65. The summed E-state index contributed by atoms with van der Waals surface area (Å²) in [6, 6.07) is 11.2. The molecule has 0 bridgehead atoms. The van der Waals surface area contributed by atoms with Crippen molar-refractivity contribution in [1.29, 1.82) is 0 Å². The van der Waals surface area contributed by atoms with Gasteiger partial charge < -0.3 is 9.47 Å². The standard InChI is InChI=1S/C17H15BrO3/c1-2-21-16-6-5-14(18)8-15(16)17(19)11-3-4-12-9-20-10-13(12)7-11/h3-8H,2,9-10H2,1H3. The zero-order chi connectivity index (χ0) is 14.8. The Morgan fingerprint density at radius 1 is 1.19 bits per heavy atom. The van der Waals surface area contributed by atoms with Gasteiger partial charge in [-0.2, -0.15) is 0 Å². The van der Waals surface area contributed by atoms with Crippen LogP contribution in [0.3, 0.4) is 0 Å². The number of ether oxygens (including phenoxy) is 2. The molecule has 1 aliphatic rings. The molecule has 0 spiro atoms. The second-order valence-electron chi connectivity index (χ2n) is 4.88. The lowest BCUT2D eigenvalue weighted by Crippen LogP contribution is -2.06. The number of halogens is 1. The molecule has 0 N–H and O–H groups in total. The first-order valence-electron chi connectivity index (χ1n) is 6.85. The second-order valence-corrected chi connectivity index (χ2v) is 5.79. The minimum absolute atomic E-state index is 0.0329. The zero-order valence-electron chi connectivity index (χ0n) is 11.7. The molecule has 0 unspecified atom stereocenters. The molecule has 0 radical (unpaired) electrons. The highest BCUT2D eigenvalue weighted by Crippen LogP contribution is 2.28. The quantitative estimate of drug-likeness (QED) is 0.781. The van der Waals surface area contributed by atoms with E-state index in [9.17, 15) is 4.79 Å². The SMILES string of the molecule is CCOc1ccc(Br)cc1C(=O)c1ccc2c(c1)COC2. The molecule has 0 atom stereocenters. The predicted molar refractivity (Wildman–Crippen MR) is 83.7 cm³/mol. The average molecular weight is 347 g/mol. The third-order valence-corrected chi connectivity index (χ3v) is 3.96. The smallest absolute Gasteiger partial charge is 0.196 e. The van der Waals surface area contributed by atoms with Gasteiger partial charge in [-0.15, -0.1) is 0 Å². The van der Waals surface area contributed by atoms with Crippen LogP contribution in [0.2, 0.25) is 0 Å². The highest BCUT2D eigenvalue weighted by Gasteiger charge is 2.18. The summed E-state index contributed by atoms with van der Waals surface area (Å²) in [4.78, 5) is 12.8. The van der Waals surface area contributed by atoms with Crippen LogP contribution < -0.4 is 4.74 Å². The van der Waals surface area contributed by atoms with Gasteiger partial charge in [-0.3, -0.25) is 4.79 Å². The molecule has 0 aromatic heterocycles. The fourth-order valence-corrected chi connectivity index (χ4v) is 2.79. The Balaban J connectivity index is 2.00. The number of fused-ring (bicyclic) bond motifs is 1. The summed E-state index contributed by atoms with van der Waals surface area (Å²) in [6.45, 7) is 3.64. The third kappa shape index (κ3) is 2.87. The summed E-state index contributed by atoms with van der Waals surface area (Å²) in [5.41, 5.74) is 3.49. The maximum Gasteiger partial charge on any atom is 0.196 e. The normalized spacial score (nSPS) is 13.0. The van der Waals surface area contributed by atoms with Crippen LogP contribution in [0.15, 0.2) is 40.9 Å². The van der Waals surface area contributed by atoms with E-state index < -0.39 is 0 Å². The highest BCUT2D eigenvalue weighted by molar-refractivity contribution is 9.10. The van der Waals surface area contributed by atoms with Gasteiger partial charge in [-0.25, -0.2) is 0 Å². The molecule has 0 saturated carbocycles. The first-order valence-corrected chi connectivity index (χ1v) is 7.65. The molecular weight excluding hydrogens is 332 g/mol. The van der Waals surface area contributed by atoms with Crippen molar-refractivity contribution in [2.45, 2.75) is 20.1 Å². The van der Waals surface area contributed by atoms with Crippen molar-refractivity contribution in [2.75, 3.05) is 6.61 Å². The van der Waals surface area contributed by atoms with Crippen LogP contribution in [0.1, 0.15) is 34.0 Å². The molecule has 2 aromatic rings. The van der Waals surface area contributed by atoms with Gasteiger partial charge in [-0.1, -0.05) is 28.1 Å². The van der Waals surface area contributed by atoms with Crippen LogP contribution >= 0.6 is 15.9 Å². The number of carbonyl (C=O) groups is 1. The van der Waals surface area contributed by atoms with Gasteiger partial charge in [0, 0.05) is 10.0 Å². The van der Waals surface area contributed by atoms with Gasteiger partial charge in [0.2, 0.25) is 0 Å². The molecule has 1 heterocycles. The van der Waals surface area contributed by atoms with E-state index in [4.69, 9.17) is 9.47 Å². The fourth-order valence-electron chi connectivity index (χ4n) is 2.43. The van der Waals surface area contributed by atoms with Crippen molar-refractivity contribution < 1.29 is 14.3 Å². The van der Waals surface area contributed by atoms with Crippen LogP contribution in [-0.4, -0.2) is 12.4 Å². The number of hydrogen-bond donors (Lipinski definition) is 0. The van der Waals surface area contributed by atoms with Gasteiger partial charge in [0.05, 0.1) is 25.4 Å². The van der Waals surface area contributed by atoms with Crippen molar-refractivity contribution in [3.05, 3.63) is 63.1 Å². The molecule has 0 aliphatic carbocycles. The van der Waals surface area contributed by atoms with Gasteiger partial charge in [0.1, 0.15) is 5.75 Å². The van der Waals surface area contributed by atoms with Crippen molar-refractivity contribution >= 4 is 21.7 Å². The molecule has 0 fully saturated rings. The predicted octanol–water partition coefficient (Wildman–Crippen LogP) is 4.11. The maximum atomic E-state index is 12.8. The largest absolute Gasteiger partial charge is 0.493 e. The first-order chi connectivity index (χ1) is 10.2. The van der Waals surface area contributed by atoms with Gasteiger partial charge in [0.25, 0.3) is 0 Å². The van der Waals surface area contributed by atoms with E-state index in [2.05, 4.69) is 15.9 Å². The van der Waals surface area contributed by atoms with Crippen LogP contribution in [0, 0.1) is 0 Å². The van der Waals surface area contributed by atoms with E-state index in [0.29, 0.717) is 36.7 Å². The lowest BCUT2D eigenvalue weighted by Gasteiger charge is -2.10. The summed E-state index contributed by atoms with van der Waals surface area (Å²) < 4.78 is 11.8. The second kappa shape index (κ2) is 6.00. The van der Waals surface area contributed by atoms with Crippen LogP contribution in [0.25, 0.3) is 0 Å². The molecule has 0 amide bonds. The highest BCUT2D eigenvalue weighted by atomic mass is 79.9. The van der Waals surface area contributed by atoms with Gasteiger partial charge in [0.15, 0.2) is 5.78 Å². The summed E-state index contributed by atoms with van der Waals surface area (Å²) in [7, 11) is 0. The van der Waals surface area contributed by atoms with E-state index in [-0.39, 0.29) is 5.78 Å². The van der Waals surface area contributed by atoms with E-state index in [1.807, 2.05) is 37.3 Å². The molecule has 4 heteroatoms. The minimum Gasteiger partial charge on any atom is -0.493 e. The summed E-state index contributed by atoms with van der Waals surface area (Å²) >= 11 is 3.41. The van der Waals surface area contributed by atoms with Crippen molar-refractivity contribution in [3.63, 3.8) is 0 Å². The summed E-state index contributed by atoms with van der Waals surface area (Å²) in [5.74, 6) is 0.580. The van der Waals surface area contributed by atoms with Crippen LogP contribution in [0.4, 0.5) is 0 Å². The summed E-state index contributed by atoms with van der Waals surface area (Å²) in [6.07, 6.45) is 0. The van der Waals surface area contributed by atoms with Crippen LogP contribution in [0.5, 0.6) is 5.75 Å². The molecule has 3 nitrogen and oxygen atoms in total. The number of ketones is 1. The Labute approximate surface area is 132 Å². The molecule has 108 valence electrons. The molecular formula is C17H15BrO3. The maximum absolute atomic E-state index is 12.8. The van der Waals surface area contributed by atoms with Crippen molar-refractivity contribution in [2.24, 2.45) is 0 Å². The molecule has 21 heavy (non-hydrogen) atoms. The number of rotatable bonds is 4. The number of hydrogen-bond acceptors (Lipinski definition) is 3. The third-order valence-electron chi connectivity index (χ3n) is 3.47. The first kappa shape index (κ1) is 14.3. The Morgan fingerprint density at radius 2 is 2.00 bits per heavy atom. The number of carbonyl (C=O) groups excluding carboxylic acids is 1. The lowest BCUT2D eigenvalue weighted by atomic mass is 9.99. The Kier molecular flexibility index (Phi) is 4.08. The molecule has 0 saturated heterocycles. The summed E-state index contributed by atoms with van der Waals surface area (Å²) in [5, 5.41) is 0. The lowest BCUT2D eigenvalue weighted by molar-refractivity contribution is 0.103. The monoisotopic (exact) mass is 346 g/mol. The Bertz CT molecular complexity index is 694. The van der Waals surface area contributed by atoms with E-state index in [1.165, 1.54) is 0 Å².